The quantitative estimate of drug-likeness (QED) is 0.534. The van der Waals surface area contributed by atoms with Gasteiger partial charge in [0.1, 0.15) is 5.82 Å². The summed E-state index contributed by atoms with van der Waals surface area (Å²) in [6.07, 6.45) is 6.89. The van der Waals surface area contributed by atoms with Gasteiger partial charge in [-0.1, -0.05) is 23.4 Å². The van der Waals surface area contributed by atoms with Crippen LogP contribution in [0.2, 0.25) is 0 Å². The van der Waals surface area contributed by atoms with Gasteiger partial charge in [0, 0.05) is 50.0 Å². The molecule has 0 atom stereocenters. The standard InChI is InChI=1S/C20H18N6O2/c1-25-11-10-22-19(25)15-7-3-4-8-16(15)20(27)26(2)13-17-23-18(24-28-17)14-6-5-9-21-12-14/h3-12H,13H2,1-2H3. The van der Waals surface area contributed by atoms with E-state index in [2.05, 4.69) is 20.1 Å². The Kier molecular flexibility index (Phi) is 4.67. The third-order valence-corrected chi connectivity index (χ3v) is 4.33. The second kappa shape index (κ2) is 7.43. The Bertz CT molecular complexity index is 1100. The minimum atomic E-state index is -0.153. The summed E-state index contributed by atoms with van der Waals surface area (Å²) >= 11 is 0. The molecule has 0 fully saturated rings. The smallest absolute Gasteiger partial charge is 0.254 e. The van der Waals surface area contributed by atoms with Gasteiger partial charge in [-0.25, -0.2) is 4.98 Å². The summed E-state index contributed by atoms with van der Waals surface area (Å²) in [6, 6.07) is 11.0. The SMILES string of the molecule is CN(Cc1nc(-c2cccnc2)no1)C(=O)c1ccccc1-c1nccn1C. The third kappa shape index (κ3) is 3.39. The maximum atomic E-state index is 13.0. The number of carbonyl (C=O) groups is 1. The van der Waals surface area contributed by atoms with E-state index in [1.807, 2.05) is 42.1 Å². The average Bonchev–Trinajstić information content (AvgIpc) is 3.37. The van der Waals surface area contributed by atoms with Crippen LogP contribution in [0.5, 0.6) is 0 Å². The van der Waals surface area contributed by atoms with Crippen LogP contribution < -0.4 is 0 Å². The van der Waals surface area contributed by atoms with Crippen LogP contribution in [-0.2, 0) is 13.6 Å². The van der Waals surface area contributed by atoms with E-state index in [0.717, 1.165) is 17.0 Å². The molecule has 0 unspecified atom stereocenters. The number of rotatable bonds is 5. The van der Waals surface area contributed by atoms with Gasteiger partial charge in [0.25, 0.3) is 5.91 Å². The molecule has 0 aliphatic rings. The number of pyridine rings is 1. The molecule has 8 nitrogen and oxygen atoms in total. The molecule has 8 heteroatoms. The van der Waals surface area contributed by atoms with Crippen LogP contribution in [0.3, 0.4) is 0 Å². The number of benzene rings is 1. The normalized spacial score (nSPS) is 10.8. The van der Waals surface area contributed by atoms with Gasteiger partial charge in [-0.2, -0.15) is 4.98 Å². The molecule has 0 bridgehead atoms. The lowest BCUT2D eigenvalue weighted by atomic mass is 10.1. The molecule has 0 spiro atoms. The van der Waals surface area contributed by atoms with Crippen molar-refractivity contribution in [3.63, 3.8) is 0 Å². The number of carbonyl (C=O) groups excluding carboxylic acids is 1. The van der Waals surface area contributed by atoms with Crippen LogP contribution in [0.4, 0.5) is 0 Å². The second-order valence-corrected chi connectivity index (χ2v) is 6.32. The van der Waals surface area contributed by atoms with Crippen molar-refractivity contribution in [2.24, 2.45) is 7.05 Å². The first-order valence-electron chi connectivity index (χ1n) is 8.68. The van der Waals surface area contributed by atoms with Crippen LogP contribution in [0.25, 0.3) is 22.8 Å². The average molecular weight is 374 g/mol. The zero-order valence-electron chi connectivity index (χ0n) is 15.5. The highest BCUT2D eigenvalue weighted by molar-refractivity contribution is 6.00. The van der Waals surface area contributed by atoms with Gasteiger partial charge < -0.3 is 14.0 Å². The Morgan fingerprint density at radius 2 is 2.04 bits per heavy atom. The molecular weight excluding hydrogens is 356 g/mol. The highest BCUT2D eigenvalue weighted by Crippen LogP contribution is 2.23. The molecule has 0 saturated heterocycles. The summed E-state index contributed by atoms with van der Waals surface area (Å²) in [7, 11) is 3.59. The largest absolute Gasteiger partial charge is 0.337 e. The van der Waals surface area contributed by atoms with E-state index in [9.17, 15) is 4.79 Å². The Morgan fingerprint density at radius 3 is 2.79 bits per heavy atom. The Labute approximate surface area is 161 Å². The predicted molar refractivity (Wildman–Crippen MR) is 102 cm³/mol. The van der Waals surface area contributed by atoms with Gasteiger partial charge in [-0.05, 0) is 18.2 Å². The van der Waals surface area contributed by atoms with Crippen LogP contribution >= 0.6 is 0 Å². The highest BCUT2D eigenvalue weighted by Gasteiger charge is 2.20. The van der Waals surface area contributed by atoms with Crippen molar-refractivity contribution in [3.8, 4) is 22.8 Å². The van der Waals surface area contributed by atoms with Gasteiger partial charge in [0.2, 0.25) is 11.7 Å². The first-order chi connectivity index (χ1) is 13.6. The van der Waals surface area contributed by atoms with E-state index in [-0.39, 0.29) is 12.5 Å². The zero-order chi connectivity index (χ0) is 19.5. The number of hydrogen-bond donors (Lipinski definition) is 0. The molecule has 0 saturated carbocycles. The molecule has 4 aromatic rings. The fourth-order valence-electron chi connectivity index (χ4n) is 2.90. The molecular formula is C20H18N6O2. The van der Waals surface area contributed by atoms with Crippen LogP contribution in [0.1, 0.15) is 16.2 Å². The number of aryl methyl sites for hydroxylation is 1. The summed E-state index contributed by atoms with van der Waals surface area (Å²) in [5.41, 5.74) is 2.09. The van der Waals surface area contributed by atoms with Crippen molar-refractivity contribution in [2.75, 3.05) is 7.05 Å². The third-order valence-electron chi connectivity index (χ3n) is 4.33. The first-order valence-corrected chi connectivity index (χ1v) is 8.68. The zero-order valence-corrected chi connectivity index (χ0v) is 15.5. The van der Waals surface area contributed by atoms with E-state index in [4.69, 9.17) is 4.52 Å². The predicted octanol–water partition coefficient (Wildman–Crippen LogP) is 2.80. The molecule has 1 aromatic carbocycles. The molecule has 1 amide bonds. The van der Waals surface area contributed by atoms with Crippen LogP contribution in [-0.4, -0.2) is 42.5 Å². The monoisotopic (exact) mass is 374 g/mol. The Morgan fingerprint density at radius 1 is 1.18 bits per heavy atom. The van der Waals surface area contributed by atoms with Crippen molar-refractivity contribution < 1.29 is 9.32 Å². The van der Waals surface area contributed by atoms with E-state index in [0.29, 0.717) is 17.3 Å². The van der Waals surface area contributed by atoms with E-state index in [1.54, 1.807) is 42.7 Å². The van der Waals surface area contributed by atoms with E-state index in [1.165, 1.54) is 0 Å². The minimum absolute atomic E-state index is 0.153. The topological polar surface area (TPSA) is 89.9 Å². The number of hydrogen-bond acceptors (Lipinski definition) is 6. The molecule has 0 radical (unpaired) electrons. The van der Waals surface area contributed by atoms with Gasteiger partial charge in [0.05, 0.1) is 12.1 Å². The lowest BCUT2D eigenvalue weighted by Gasteiger charge is -2.17. The Balaban J connectivity index is 1.55. The maximum Gasteiger partial charge on any atom is 0.254 e. The Hall–Kier alpha value is -3.81. The fraction of sp³-hybridized carbons (Fsp3) is 0.150. The molecule has 0 aliphatic heterocycles. The van der Waals surface area contributed by atoms with Gasteiger partial charge in [-0.3, -0.25) is 9.78 Å². The van der Waals surface area contributed by atoms with E-state index >= 15 is 0 Å². The fourth-order valence-corrected chi connectivity index (χ4v) is 2.90. The van der Waals surface area contributed by atoms with E-state index < -0.39 is 0 Å². The number of nitrogens with zero attached hydrogens (tertiary/aromatic N) is 6. The summed E-state index contributed by atoms with van der Waals surface area (Å²) in [6.45, 7) is 0.195. The molecule has 140 valence electrons. The summed E-state index contributed by atoms with van der Waals surface area (Å²) in [5, 5.41) is 3.96. The minimum Gasteiger partial charge on any atom is -0.337 e. The summed E-state index contributed by atoms with van der Waals surface area (Å²) in [4.78, 5) is 27.3. The summed E-state index contributed by atoms with van der Waals surface area (Å²) < 4.78 is 7.18. The van der Waals surface area contributed by atoms with Crippen molar-refractivity contribution in [1.29, 1.82) is 0 Å². The molecule has 3 aromatic heterocycles. The number of imidazole rings is 1. The lowest BCUT2D eigenvalue weighted by molar-refractivity contribution is 0.0770. The van der Waals surface area contributed by atoms with Crippen LogP contribution in [0, 0.1) is 0 Å². The maximum absolute atomic E-state index is 13.0. The van der Waals surface area contributed by atoms with Gasteiger partial charge >= 0.3 is 0 Å². The van der Waals surface area contributed by atoms with Gasteiger partial charge in [0.15, 0.2) is 0 Å². The highest BCUT2D eigenvalue weighted by atomic mass is 16.5. The van der Waals surface area contributed by atoms with Gasteiger partial charge in [-0.15, -0.1) is 0 Å². The van der Waals surface area contributed by atoms with Crippen molar-refractivity contribution in [3.05, 3.63) is 72.6 Å². The number of amides is 1. The molecule has 3 heterocycles. The van der Waals surface area contributed by atoms with Crippen molar-refractivity contribution >= 4 is 5.91 Å². The first kappa shape index (κ1) is 17.6. The second-order valence-electron chi connectivity index (χ2n) is 6.32. The molecule has 0 N–H and O–H groups in total. The lowest BCUT2D eigenvalue weighted by Crippen LogP contribution is -2.27. The molecule has 0 aliphatic carbocycles. The molecule has 4 rings (SSSR count). The van der Waals surface area contributed by atoms with Crippen LogP contribution in [0.15, 0.2) is 65.7 Å². The van der Waals surface area contributed by atoms with Crippen molar-refractivity contribution in [1.82, 2.24) is 29.6 Å². The number of aromatic nitrogens is 5. The van der Waals surface area contributed by atoms with Crippen molar-refractivity contribution in [2.45, 2.75) is 6.54 Å². The molecule has 28 heavy (non-hydrogen) atoms. The summed E-state index contributed by atoms with van der Waals surface area (Å²) in [5.74, 6) is 1.37.